The van der Waals surface area contributed by atoms with Crippen molar-refractivity contribution in [2.24, 2.45) is 5.92 Å². The number of amides is 2. The van der Waals surface area contributed by atoms with E-state index in [2.05, 4.69) is 5.32 Å². The molecule has 5 nitrogen and oxygen atoms in total. The summed E-state index contributed by atoms with van der Waals surface area (Å²) >= 11 is 0. The third kappa shape index (κ3) is 4.02. The van der Waals surface area contributed by atoms with Crippen molar-refractivity contribution in [1.29, 1.82) is 0 Å². The van der Waals surface area contributed by atoms with E-state index in [-0.39, 0.29) is 36.6 Å². The predicted octanol–water partition coefficient (Wildman–Crippen LogP) is 3.60. The number of rotatable bonds is 5. The molecule has 2 aromatic rings. The van der Waals surface area contributed by atoms with Crippen molar-refractivity contribution >= 4 is 23.2 Å². The lowest BCUT2D eigenvalue weighted by Crippen LogP contribution is -2.28. The van der Waals surface area contributed by atoms with Gasteiger partial charge in [-0.15, -0.1) is 0 Å². The Kier molecular flexibility index (Phi) is 5.21. The van der Waals surface area contributed by atoms with Gasteiger partial charge in [0.2, 0.25) is 11.8 Å². The van der Waals surface area contributed by atoms with E-state index in [1.165, 1.54) is 12.1 Å². The fraction of sp³-hybridized carbons (Fsp3) is 0.300. The molecule has 3 rings (SSSR count). The van der Waals surface area contributed by atoms with Gasteiger partial charge in [-0.05, 0) is 50.2 Å². The van der Waals surface area contributed by atoms with E-state index >= 15 is 0 Å². The van der Waals surface area contributed by atoms with Crippen LogP contribution in [0.2, 0.25) is 0 Å². The van der Waals surface area contributed by atoms with Gasteiger partial charge in [-0.2, -0.15) is 0 Å². The molecular formula is C20H21FN2O3. The number of hydrogen-bond acceptors (Lipinski definition) is 3. The molecule has 0 aliphatic carbocycles. The molecule has 6 heteroatoms. The lowest BCUT2D eigenvalue weighted by Gasteiger charge is -2.18. The number of hydrogen-bond donors (Lipinski definition) is 1. The number of nitrogens with zero attached hydrogens (tertiary/aromatic N) is 1. The Labute approximate surface area is 151 Å². The highest BCUT2D eigenvalue weighted by Gasteiger charge is 2.35. The average molecular weight is 356 g/mol. The minimum atomic E-state index is -0.520. The Morgan fingerprint density at radius 3 is 2.54 bits per heavy atom. The average Bonchev–Trinajstić information content (AvgIpc) is 2.99. The maximum Gasteiger partial charge on any atom is 0.229 e. The molecule has 1 heterocycles. The van der Waals surface area contributed by atoms with Gasteiger partial charge in [0, 0.05) is 18.7 Å². The normalized spacial score (nSPS) is 16.8. The van der Waals surface area contributed by atoms with Crippen molar-refractivity contribution in [2.45, 2.75) is 26.4 Å². The molecule has 1 fully saturated rings. The smallest absolute Gasteiger partial charge is 0.229 e. The van der Waals surface area contributed by atoms with Crippen LogP contribution >= 0.6 is 0 Å². The SMILES string of the molecule is CC(C)Oc1ccc(N2C[C@@H](C(=O)Nc3ccccc3F)CC2=O)cc1. The van der Waals surface area contributed by atoms with Crippen molar-refractivity contribution < 1.29 is 18.7 Å². The summed E-state index contributed by atoms with van der Waals surface area (Å²) in [4.78, 5) is 26.3. The largest absolute Gasteiger partial charge is 0.491 e. The Balaban J connectivity index is 1.66. The first-order chi connectivity index (χ1) is 12.4. The summed E-state index contributed by atoms with van der Waals surface area (Å²) in [5, 5.41) is 2.56. The zero-order chi connectivity index (χ0) is 18.7. The number of benzene rings is 2. The fourth-order valence-electron chi connectivity index (χ4n) is 2.91. The van der Waals surface area contributed by atoms with E-state index in [0.29, 0.717) is 5.69 Å². The molecule has 1 aliphatic rings. The van der Waals surface area contributed by atoms with Gasteiger partial charge < -0.3 is 15.0 Å². The Hall–Kier alpha value is -2.89. The fourth-order valence-corrected chi connectivity index (χ4v) is 2.91. The number of anilines is 2. The first kappa shape index (κ1) is 17.9. The van der Waals surface area contributed by atoms with Crippen molar-refractivity contribution in [1.82, 2.24) is 0 Å². The summed E-state index contributed by atoms with van der Waals surface area (Å²) in [5.41, 5.74) is 0.839. The molecular weight excluding hydrogens is 335 g/mol. The van der Waals surface area contributed by atoms with Crippen molar-refractivity contribution in [3.8, 4) is 5.75 Å². The summed E-state index contributed by atoms with van der Waals surface area (Å²) < 4.78 is 19.3. The predicted molar refractivity (Wildman–Crippen MR) is 97.7 cm³/mol. The highest BCUT2D eigenvalue weighted by molar-refractivity contribution is 6.03. The number of carbonyl (C=O) groups excluding carboxylic acids is 2. The molecule has 136 valence electrons. The number of ether oxygens (including phenoxy) is 1. The third-order valence-electron chi connectivity index (χ3n) is 4.15. The van der Waals surface area contributed by atoms with Crippen LogP contribution in [0.15, 0.2) is 48.5 Å². The van der Waals surface area contributed by atoms with Gasteiger partial charge in [0.1, 0.15) is 11.6 Å². The van der Waals surface area contributed by atoms with E-state index < -0.39 is 11.7 Å². The van der Waals surface area contributed by atoms with E-state index in [0.717, 1.165) is 5.75 Å². The van der Waals surface area contributed by atoms with Crippen LogP contribution in [-0.4, -0.2) is 24.5 Å². The summed E-state index contributed by atoms with van der Waals surface area (Å²) in [6, 6.07) is 13.2. The summed E-state index contributed by atoms with van der Waals surface area (Å²) in [6.45, 7) is 4.15. The van der Waals surface area contributed by atoms with E-state index in [9.17, 15) is 14.0 Å². The first-order valence-electron chi connectivity index (χ1n) is 8.56. The highest BCUT2D eigenvalue weighted by Crippen LogP contribution is 2.28. The van der Waals surface area contributed by atoms with E-state index in [4.69, 9.17) is 4.74 Å². The first-order valence-corrected chi connectivity index (χ1v) is 8.56. The van der Waals surface area contributed by atoms with Gasteiger partial charge in [-0.3, -0.25) is 9.59 Å². The van der Waals surface area contributed by atoms with Crippen LogP contribution in [0.25, 0.3) is 0 Å². The van der Waals surface area contributed by atoms with Crippen LogP contribution in [0.5, 0.6) is 5.75 Å². The Bertz CT molecular complexity index is 805. The molecule has 2 amide bonds. The van der Waals surface area contributed by atoms with E-state index in [1.54, 1.807) is 41.3 Å². The molecule has 1 saturated heterocycles. The maximum atomic E-state index is 13.7. The monoisotopic (exact) mass is 356 g/mol. The standard InChI is InChI=1S/C20H21FN2O3/c1-13(2)26-16-9-7-15(8-10-16)23-12-14(11-19(23)24)20(25)22-18-6-4-3-5-17(18)21/h3-10,13-14H,11-12H2,1-2H3,(H,22,25)/t14-/m0/s1. The van der Waals surface area contributed by atoms with Crippen LogP contribution in [0.4, 0.5) is 15.8 Å². The molecule has 1 N–H and O–H groups in total. The van der Waals surface area contributed by atoms with Gasteiger partial charge in [-0.25, -0.2) is 4.39 Å². The summed E-state index contributed by atoms with van der Waals surface area (Å²) in [6.07, 6.45) is 0.172. The molecule has 0 bridgehead atoms. The second-order valence-corrected chi connectivity index (χ2v) is 6.53. The number of halogens is 1. The molecule has 26 heavy (non-hydrogen) atoms. The highest BCUT2D eigenvalue weighted by atomic mass is 19.1. The molecule has 0 aromatic heterocycles. The minimum Gasteiger partial charge on any atom is -0.491 e. The van der Waals surface area contributed by atoms with Crippen molar-refractivity contribution in [3.05, 3.63) is 54.3 Å². The van der Waals surface area contributed by atoms with Gasteiger partial charge >= 0.3 is 0 Å². The maximum absolute atomic E-state index is 13.7. The lowest BCUT2D eigenvalue weighted by atomic mass is 10.1. The quantitative estimate of drug-likeness (QED) is 0.890. The topological polar surface area (TPSA) is 58.6 Å². The third-order valence-corrected chi connectivity index (χ3v) is 4.15. The second-order valence-electron chi connectivity index (χ2n) is 6.53. The minimum absolute atomic E-state index is 0.0701. The molecule has 0 spiro atoms. The van der Waals surface area contributed by atoms with E-state index in [1.807, 2.05) is 13.8 Å². The van der Waals surface area contributed by atoms with Gasteiger partial charge in [0.25, 0.3) is 0 Å². The summed E-state index contributed by atoms with van der Waals surface area (Å²) in [5.74, 6) is -0.775. The zero-order valence-corrected chi connectivity index (χ0v) is 14.7. The zero-order valence-electron chi connectivity index (χ0n) is 14.7. The Morgan fingerprint density at radius 1 is 1.19 bits per heavy atom. The van der Waals surface area contributed by atoms with Crippen LogP contribution in [-0.2, 0) is 9.59 Å². The Morgan fingerprint density at radius 2 is 1.88 bits per heavy atom. The van der Waals surface area contributed by atoms with Crippen molar-refractivity contribution in [2.75, 3.05) is 16.8 Å². The lowest BCUT2D eigenvalue weighted by molar-refractivity contribution is -0.122. The van der Waals surface area contributed by atoms with Crippen molar-refractivity contribution in [3.63, 3.8) is 0 Å². The van der Waals surface area contributed by atoms with Gasteiger partial charge in [0.15, 0.2) is 0 Å². The van der Waals surface area contributed by atoms with Crippen LogP contribution < -0.4 is 15.0 Å². The number of para-hydroxylation sites is 1. The number of carbonyl (C=O) groups is 2. The molecule has 1 atom stereocenters. The second kappa shape index (κ2) is 7.56. The van der Waals surface area contributed by atoms with Crippen LogP contribution in [0, 0.1) is 11.7 Å². The molecule has 0 unspecified atom stereocenters. The molecule has 0 saturated carbocycles. The molecule has 2 aromatic carbocycles. The number of nitrogens with one attached hydrogen (secondary N) is 1. The van der Waals surface area contributed by atoms with Gasteiger partial charge in [0.05, 0.1) is 17.7 Å². The van der Waals surface area contributed by atoms with Gasteiger partial charge in [-0.1, -0.05) is 12.1 Å². The molecule has 1 aliphatic heterocycles. The molecule has 0 radical (unpaired) electrons. The summed E-state index contributed by atoms with van der Waals surface area (Å²) in [7, 11) is 0. The van der Waals surface area contributed by atoms with Crippen LogP contribution in [0.3, 0.4) is 0 Å². The van der Waals surface area contributed by atoms with Crippen LogP contribution in [0.1, 0.15) is 20.3 Å².